The number of nitrogens with two attached hydrogens (primary N) is 2. The first-order valence-corrected chi connectivity index (χ1v) is 6.59. The van der Waals surface area contributed by atoms with Gasteiger partial charge in [-0.3, -0.25) is 9.59 Å². The summed E-state index contributed by atoms with van der Waals surface area (Å²) in [5, 5.41) is 2.72. The number of nitrogens with one attached hydrogen (secondary N) is 1. The molecule has 0 aliphatic carbocycles. The molecule has 0 saturated carbocycles. The standard InChI is InChI=1S/C14H21N3O3/c15-9-11-5-1-2-6-12(11)20-10-14(19)17-8-4-3-7-13(16)18/h1-2,5-6H,3-4,7-10,15H2,(H2,16,18)(H,17,19). The molecule has 6 heteroatoms. The second-order valence-corrected chi connectivity index (χ2v) is 4.37. The second-order valence-electron chi connectivity index (χ2n) is 4.37. The van der Waals surface area contributed by atoms with E-state index in [1.165, 1.54) is 0 Å². The Bertz CT molecular complexity index is 449. The van der Waals surface area contributed by atoms with Crippen molar-refractivity contribution in [2.45, 2.75) is 25.8 Å². The number of carbonyl (C=O) groups excluding carboxylic acids is 2. The Morgan fingerprint density at radius 3 is 2.65 bits per heavy atom. The van der Waals surface area contributed by atoms with Crippen molar-refractivity contribution in [2.75, 3.05) is 13.2 Å². The van der Waals surface area contributed by atoms with Gasteiger partial charge in [-0.05, 0) is 18.9 Å². The molecule has 6 nitrogen and oxygen atoms in total. The molecule has 0 spiro atoms. The van der Waals surface area contributed by atoms with Crippen molar-refractivity contribution < 1.29 is 14.3 Å². The summed E-state index contributed by atoms with van der Waals surface area (Å²) >= 11 is 0. The van der Waals surface area contributed by atoms with Crippen LogP contribution in [0.25, 0.3) is 0 Å². The van der Waals surface area contributed by atoms with Gasteiger partial charge in [-0.25, -0.2) is 0 Å². The van der Waals surface area contributed by atoms with E-state index < -0.39 is 0 Å². The molecule has 0 fully saturated rings. The third-order valence-corrected chi connectivity index (χ3v) is 2.72. The molecule has 0 unspecified atom stereocenters. The lowest BCUT2D eigenvalue weighted by Crippen LogP contribution is -2.30. The zero-order chi connectivity index (χ0) is 14.8. The van der Waals surface area contributed by atoms with Gasteiger partial charge in [0, 0.05) is 25.1 Å². The molecular formula is C14H21N3O3. The maximum absolute atomic E-state index is 11.6. The highest BCUT2D eigenvalue weighted by Gasteiger charge is 2.05. The van der Waals surface area contributed by atoms with Crippen molar-refractivity contribution >= 4 is 11.8 Å². The molecule has 1 rings (SSSR count). The highest BCUT2D eigenvalue weighted by atomic mass is 16.5. The Hall–Kier alpha value is -2.08. The number of hydrogen-bond acceptors (Lipinski definition) is 4. The van der Waals surface area contributed by atoms with Gasteiger partial charge in [0.25, 0.3) is 5.91 Å². The molecule has 20 heavy (non-hydrogen) atoms. The van der Waals surface area contributed by atoms with E-state index in [0.717, 1.165) is 5.56 Å². The Kier molecular flexibility index (Phi) is 7.13. The minimum Gasteiger partial charge on any atom is -0.483 e. The molecule has 1 aromatic carbocycles. The van der Waals surface area contributed by atoms with E-state index in [9.17, 15) is 9.59 Å². The van der Waals surface area contributed by atoms with Crippen LogP contribution in [0.3, 0.4) is 0 Å². The molecule has 0 saturated heterocycles. The summed E-state index contributed by atoms with van der Waals surface area (Å²) in [7, 11) is 0. The van der Waals surface area contributed by atoms with Gasteiger partial charge in [0.2, 0.25) is 5.91 Å². The van der Waals surface area contributed by atoms with E-state index in [1.54, 1.807) is 6.07 Å². The monoisotopic (exact) mass is 279 g/mol. The van der Waals surface area contributed by atoms with Crippen LogP contribution in [0, 0.1) is 0 Å². The van der Waals surface area contributed by atoms with Crippen LogP contribution in [0.5, 0.6) is 5.75 Å². The molecule has 0 aliphatic heterocycles. The normalized spacial score (nSPS) is 10.1. The molecule has 1 aromatic rings. The fraction of sp³-hybridized carbons (Fsp3) is 0.429. The lowest BCUT2D eigenvalue weighted by molar-refractivity contribution is -0.123. The average Bonchev–Trinajstić information content (AvgIpc) is 2.44. The summed E-state index contributed by atoms with van der Waals surface area (Å²) in [5.41, 5.74) is 11.5. The van der Waals surface area contributed by atoms with Crippen LogP contribution >= 0.6 is 0 Å². The molecule has 2 amide bonds. The van der Waals surface area contributed by atoms with Gasteiger partial charge < -0.3 is 21.5 Å². The van der Waals surface area contributed by atoms with Crippen molar-refractivity contribution in [3.8, 4) is 5.75 Å². The molecule has 0 aliphatic rings. The van der Waals surface area contributed by atoms with E-state index in [1.807, 2.05) is 18.2 Å². The van der Waals surface area contributed by atoms with Gasteiger partial charge in [0.1, 0.15) is 5.75 Å². The van der Waals surface area contributed by atoms with Crippen molar-refractivity contribution in [3.05, 3.63) is 29.8 Å². The van der Waals surface area contributed by atoms with Crippen LogP contribution in [0.15, 0.2) is 24.3 Å². The zero-order valence-corrected chi connectivity index (χ0v) is 11.4. The third kappa shape index (κ3) is 6.19. The first-order valence-electron chi connectivity index (χ1n) is 6.59. The zero-order valence-electron chi connectivity index (χ0n) is 11.4. The van der Waals surface area contributed by atoms with Crippen molar-refractivity contribution in [3.63, 3.8) is 0 Å². The molecule has 110 valence electrons. The number of rotatable bonds is 9. The first kappa shape index (κ1) is 16.0. The Balaban J connectivity index is 2.21. The van der Waals surface area contributed by atoms with Gasteiger partial charge in [-0.1, -0.05) is 18.2 Å². The number of primary amides is 1. The summed E-state index contributed by atoms with van der Waals surface area (Å²) in [6, 6.07) is 7.34. The van der Waals surface area contributed by atoms with Crippen LogP contribution in [0.2, 0.25) is 0 Å². The van der Waals surface area contributed by atoms with Gasteiger partial charge >= 0.3 is 0 Å². The summed E-state index contributed by atoms with van der Waals surface area (Å²) in [6.45, 7) is 0.825. The van der Waals surface area contributed by atoms with Gasteiger partial charge in [0.15, 0.2) is 6.61 Å². The van der Waals surface area contributed by atoms with Crippen molar-refractivity contribution in [2.24, 2.45) is 11.5 Å². The molecule has 0 radical (unpaired) electrons. The number of hydrogen-bond donors (Lipinski definition) is 3. The van der Waals surface area contributed by atoms with Crippen molar-refractivity contribution in [1.82, 2.24) is 5.32 Å². The maximum atomic E-state index is 11.6. The number of benzene rings is 1. The van der Waals surface area contributed by atoms with Crippen LogP contribution in [0.1, 0.15) is 24.8 Å². The highest BCUT2D eigenvalue weighted by Crippen LogP contribution is 2.16. The minimum atomic E-state index is -0.321. The van der Waals surface area contributed by atoms with Gasteiger partial charge in [-0.15, -0.1) is 0 Å². The summed E-state index contributed by atoms with van der Waals surface area (Å²) < 4.78 is 5.42. The molecular weight excluding hydrogens is 258 g/mol. The number of ether oxygens (including phenoxy) is 1. The maximum Gasteiger partial charge on any atom is 0.257 e. The average molecular weight is 279 g/mol. The Labute approximate surface area is 118 Å². The van der Waals surface area contributed by atoms with E-state index >= 15 is 0 Å². The topological polar surface area (TPSA) is 107 Å². The van der Waals surface area contributed by atoms with Crippen LogP contribution < -0.4 is 21.5 Å². The minimum absolute atomic E-state index is 0.0488. The van der Waals surface area contributed by atoms with E-state index in [4.69, 9.17) is 16.2 Å². The molecule has 0 heterocycles. The van der Waals surface area contributed by atoms with E-state index in [0.29, 0.717) is 38.1 Å². The van der Waals surface area contributed by atoms with Gasteiger partial charge in [-0.2, -0.15) is 0 Å². The second kappa shape index (κ2) is 8.92. The molecule has 5 N–H and O–H groups in total. The predicted molar refractivity (Wildman–Crippen MR) is 75.9 cm³/mol. The third-order valence-electron chi connectivity index (χ3n) is 2.72. The SMILES string of the molecule is NCc1ccccc1OCC(=O)NCCCCC(N)=O. The first-order chi connectivity index (χ1) is 9.63. The predicted octanol–water partition coefficient (Wildman–Crippen LogP) is 0.296. The number of amides is 2. The summed E-state index contributed by atoms with van der Waals surface area (Å²) in [4.78, 5) is 22.1. The largest absolute Gasteiger partial charge is 0.483 e. The Morgan fingerprint density at radius 1 is 1.20 bits per heavy atom. The van der Waals surface area contributed by atoms with Gasteiger partial charge in [0.05, 0.1) is 0 Å². The van der Waals surface area contributed by atoms with Crippen LogP contribution in [0.4, 0.5) is 0 Å². The van der Waals surface area contributed by atoms with Crippen LogP contribution in [-0.4, -0.2) is 25.0 Å². The lowest BCUT2D eigenvalue weighted by atomic mass is 10.2. The molecule has 0 aromatic heterocycles. The number of para-hydroxylation sites is 1. The summed E-state index contributed by atoms with van der Waals surface area (Å²) in [5.74, 6) is 0.104. The molecule has 0 atom stereocenters. The van der Waals surface area contributed by atoms with Crippen LogP contribution in [-0.2, 0) is 16.1 Å². The fourth-order valence-corrected chi connectivity index (χ4v) is 1.66. The fourth-order valence-electron chi connectivity index (χ4n) is 1.66. The number of carbonyl (C=O) groups is 2. The Morgan fingerprint density at radius 2 is 1.95 bits per heavy atom. The molecule has 0 bridgehead atoms. The number of unbranched alkanes of at least 4 members (excludes halogenated alkanes) is 1. The summed E-state index contributed by atoms with van der Waals surface area (Å²) in [6.07, 6.45) is 1.73. The highest BCUT2D eigenvalue weighted by molar-refractivity contribution is 5.77. The van der Waals surface area contributed by atoms with E-state index in [2.05, 4.69) is 5.32 Å². The van der Waals surface area contributed by atoms with E-state index in [-0.39, 0.29) is 18.4 Å². The smallest absolute Gasteiger partial charge is 0.257 e. The van der Waals surface area contributed by atoms with Crippen molar-refractivity contribution in [1.29, 1.82) is 0 Å². The quantitative estimate of drug-likeness (QED) is 0.565. The lowest BCUT2D eigenvalue weighted by Gasteiger charge is -2.10.